The zero-order chi connectivity index (χ0) is 34.0. The van der Waals surface area contributed by atoms with Crippen molar-refractivity contribution in [3.05, 3.63) is 77.4 Å². The summed E-state index contributed by atoms with van der Waals surface area (Å²) in [5.41, 5.74) is 2.70. The van der Waals surface area contributed by atoms with Crippen LogP contribution in [-0.2, 0) is 19.6 Å². The Morgan fingerprint density at radius 1 is 1.04 bits per heavy atom. The van der Waals surface area contributed by atoms with Crippen molar-refractivity contribution >= 4 is 15.8 Å². The predicted molar refractivity (Wildman–Crippen MR) is 191 cm³/mol. The van der Waals surface area contributed by atoms with Crippen molar-refractivity contribution in [2.24, 2.45) is 11.8 Å². The Bertz CT molecular complexity index is 1280. The number of nitrogens with one attached hydrogen (secondary N) is 1. The van der Waals surface area contributed by atoms with Crippen LogP contribution in [0.4, 0.5) is 0 Å². The van der Waals surface area contributed by atoms with Crippen molar-refractivity contribution in [2.45, 2.75) is 141 Å². The van der Waals surface area contributed by atoms with Crippen LogP contribution >= 0.6 is 0 Å². The maximum Gasteiger partial charge on any atom is 0.241 e. The smallest absolute Gasteiger partial charge is 0.241 e. The van der Waals surface area contributed by atoms with Gasteiger partial charge in [-0.2, -0.15) is 0 Å². The van der Waals surface area contributed by atoms with E-state index in [2.05, 4.69) is 10.8 Å². The minimum Gasteiger partial charge on any atom is -0.388 e. The maximum absolute atomic E-state index is 12.7. The second-order valence-electron chi connectivity index (χ2n) is 13.4. The molecule has 2 rings (SSSR count). The number of aliphatic hydroxyl groups is 1. The van der Waals surface area contributed by atoms with Crippen molar-refractivity contribution in [2.75, 3.05) is 7.11 Å². The Morgan fingerprint density at radius 3 is 2.54 bits per heavy atom. The highest BCUT2D eigenvalue weighted by molar-refractivity contribution is 7.89. The summed E-state index contributed by atoms with van der Waals surface area (Å²) in [5.74, 6) is 0.825. The van der Waals surface area contributed by atoms with Gasteiger partial charge in [-0.25, -0.2) is 13.1 Å². The summed E-state index contributed by atoms with van der Waals surface area (Å²) >= 11 is 0. The minimum absolute atomic E-state index is 0.100. The fourth-order valence-electron chi connectivity index (χ4n) is 5.94. The number of hydrogen-bond acceptors (Lipinski definition) is 5. The third-order valence-electron chi connectivity index (χ3n) is 9.37. The highest BCUT2D eigenvalue weighted by Crippen LogP contribution is 2.30. The Morgan fingerprint density at radius 2 is 1.80 bits per heavy atom. The molecule has 1 aliphatic rings. The molecule has 0 saturated heterocycles. The average Bonchev–Trinajstić information content (AvgIpc) is 3.03. The number of sulfonamides is 1. The number of methoxy groups -OCH3 is 1. The van der Waals surface area contributed by atoms with Gasteiger partial charge in [0, 0.05) is 25.5 Å². The number of allylic oxidation sites excluding steroid dienone is 6. The zero-order valence-electron chi connectivity index (χ0n) is 29.3. The number of ketones is 1. The molecule has 1 aromatic rings. The number of aliphatic hydroxyl groups excluding tert-OH is 1. The largest absolute Gasteiger partial charge is 0.388 e. The quantitative estimate of drug-likeness (QED) is 0.0784. The topological polar surface area (TPSA) is 92.7 Å². The van der Waals surface area contributed by atoms with Gasteiger partial charge in [0.25, 0.3) is 0 Å². The monoisotopic (exact) mass is 655 g/mol. The van der Waals surface area contributed by atoms with Gasteiger partial charge in [0.1, 0.15) is 5.78 Å². The third kappa shape index (κ3) is 15.5. The summed E-state index contributed by atoms with van der Waals surface area (Å²) in [6.07, 6.45) is 25.5. The van der Waals surface area contributed by atoms with Crippen LogP contribution in [0, 0.1) is 18.8 Å². The van der Waals surface area contributed by atoms with Gasteiger partial charge in [0.05, 0.1) is 17.1 Å². The Kier molecular flexibility index (Phi) is 18.7. The molecule has 0 aromatic heterocycles. The van der Waals surface area contributed by atoms with E-state index >= 15 is 0 Å². The molecule has 0 spiro atoms. The van der Waals surface area contributed by atoms with E-state index < -0.39 is 16.1 Å². The fraction of sp³-hybridized carbons (Fsp3) is 0.615. The number of Topliss-reactive ketones (excluding diaryl/α,β-unsaturated/α-hetero) is 1. The van der Waals surface area contributed by atoms with Crippen molar-refractivity contribution in [1.29, 1.82) is 0 Å². The average molecular weight is 656 g/mol. The van der Waals surface area contributed by atoms with E-state index in [1.165, 1.54) is 51.4 Å². The highest BCUT2D eigenvalue weighted by atomic mass is 32.2. The van der Waals surface area contributed by atoms with Gasteiger partial charge in [0.2, 0.25) is 10.0 Å². The summed E-state index contributed by atoms with van der Waals surface area (Å²) < 4.78 is 33.6. The number of carbonyl (C=O) groups excluding carboxylic acids is 1. The molecular weight excluding hydrogens is 594 g/mol. The fourth-order valence-corrected chi connectivity index (χ4v) is 7.33. The zero-order valence-corrected chi connectivity index (χ0v) is 30.2. The lowest BCUT2D eigenvalue weighted by atomic mass is 9.84. The molecule has 1 saturated carbocycles. The summed E-state index contributed by atoms with van der Waals surface area (Å²) in [7, 11) is -1.75. The molecule has 1 fully saturated rings. The highest BCUT2D eigenvalue weighted by Gasteiger charge is 2.21. The summed E-state index contributed by atoms with van der Waals surface area (Å²) in [4.78, 5) is 13.0. The number of rotatable bonds is 21. The van der Waals surface area contributed by atoms with E-state index in [1.807, 2.05) is 78.2 Å². The van der Waals surface area contributed by atoms with Crippen LogP contribution < -0.4 is 4.72 Å². The van der Waals surface area contributed by atoms with Crippen molar-refractivity contribution in [3.63, 3.8) is 0 Å². The second kappa shape index (κ2) is 21.5. The van der Waals surface area contributed by atoms with Crippen LogP contribution in [0.1, 0.15) is 117 Å². The van der Waals surface area contributed by atoms with Gasteiger partial charge in [-0.3, -0.25) is 4.79 Å². The van der Waals surface area contributed by atoms with Crippen LogP contribution in [-0.4, -0.2) is 44.7 Å². The van der Waals surface area contributed by atoms with Crippen molar-refractivity contribution in [1.82, 2.24) is 4.72 Å². The maximum atomic E-state index is 12.7. The van der Waals surface area contributed by atoms with Gasteiger partial charge >= 0.3 is 0 Å². The van der Waals surface area contributed by atoms with E-state index in [0.29, 0.717) is 6.10 Å². The first-order valence-corrected chi connectivity index (χ1v) is 18.9. The Balaban J connectivity index is 1.61. The van der Waals surface area contributed by atoms with Crippen molar-refractivity contribution < 1.29 is 23.1 Å². The molecule has 0 amide bonds. The Hall–Kier alpha value is -2.32. The molecular formula is C39H61NO5S. The van der Waals surface area contributed by atoms with Crippen LogP contribution in [0.5, 0.6) is 0 Å². The number of hydrogen-bond donors (Lipinski definition) is 2. The van der Waals surface area contributed by atoms with Gasteiger partial charge in [-0.15, -0.1) is 0 Å². The molecule has 2 N–H and O–H groups in total. The van der Waals surface area contributed by atoms with Gasteiger partial charge < -0.3 is 9.84 Å². The molecule has 258 valence electrons. The second-order valence-corrected chi connectivity index (χ2v) is 15.1. The van der Waals surface area contributed by atoms with E-state index in [1.54, 1.807) is 18.2 Å². The first kappa shape index (κ1) is 39.9. The van der Waals surface area contributed by atoms with Crippen LogP contribution in [0.25, 0.3) is 0 Å². The van der Waals surface area contributed by atoms with E-state index in [0.717, 1.165) is 48.3 Å². The number of unbranched alkanes of at least 4 members (excludes halogenated alkanes) is 4. The predicted octanol–water partition coefficient (Wildman–Crippen LogP) is 8.95. The molecule has 0 aliphatic heterocycles. The number of carbonyl (C=O) groups is 1. The lowest BCUT2D eigenvalue weighted by Crippen LogP contribution is -2.33. The molecule has 5 atom stereocenters. The van der Waals surface area contributed by atoms with Crippen LogP contribution in [0.2, 0.25) is 0 Å². The minimum atomic E-state index is -3.59. The van der Waals surface area contributed by atoms with E-state index in [4.69, 9.17) is 4.74 Å². The molecule has 46 heavy (non-hydrogen) atoms. The summed E-state index contributed by atoms with van der Waals surface area (Å²) in [5, 5.41) is 10.6. The first-order valence-electron chi connectivity index (χ1n) is 17.4. The standard InChI is InChI=1S/C39H61NO5S/c1-30-19-17-26-37(27-30)46(43,44)40-34(5)31(2)20-13-9-7-10-14-21-32(3)38(41)29-39(42)33(4)22-15-11-8-12-16-23-35-24-18-25-36(28-35)45-6/h7,9-10,13,17,19-20,22,26-27,32,34-36,39-40,42H,8,11-12,14-16,18,21,23-25,28-29H2,1-6H3/b10-7+,13-9+,31-20+,33-22+. The normalized spacial score (nSPS) is 20.3. The molecule has 7 heteroatoms. The molecule has 0 bridgehead atoms. The number of ether oxygens (including phenoxy) is 1. The SMILES string of the molecule is COC1CCCC(CCCCCC/C=C(\C)C(O)CC(=O)C(C)CC/C=C/C=C/C=C(\C)C(C)NS(=O)(=O)c2cccc(C)c2)C1. The van der Waals surface area contributed by atoms with Gasteiger partial charge in [0.15, 0.2) is 0 Å². The summed E-state index contributed by atoms with van der Waals surface area (Å²) in [6, 6.07) is 6.53. The van der Waals surface area contributed by atoms with E-state index in [-0.39, 0.29) is 29.1 Å². The third-order valence-corrected chi connectivity index (χ3v) is 10.9. The van der Waals surface area contributed by atoms with Crippen LogP contribution in [0.3, 0.4) is 0 Å². The summed E-state index contributed by atoms with van der Waals surface area (Å²) in [6.45, 7) is 9.46. The van der Waals surface area contributed by atoms with Gasteiger partial charge in [-0.1, -0.05) is 99.6 Å². The van der Waals surface area contributed by atoms with Gasteiger partial charge in [-0.05, 0) is 95.4 Å². The number of aryl methyl sites for hydroxylation is 1. The lowest BCUT2D eigenvalue weighted by Gasteiger charge is -2.28. The Labute approximate surface area is 280 Å². The van der Waals surface area contributed by atoms with Crippen LogP contribution in [0.15, 0.2) is 76.8 Å². The first-order chi connectivity index (χ1) is 21.9. The molecule has 0 radical (unpaired) electrons. The molecule has 0 heterocycles. The molecule has 5 unspecified atom stereocenters. The molecule has 6 nitrogen and oxygen atoms in total. The lowest BCUT2D eigenvalue weighted by molar-refractivity contribution is -0.124. The molecule has 1 aromatic carbocycles. The van der Waals surface area contributed by atoms with Crippen molar-refractivity contribution in [3.8, 4) is 0 Å². The van der Waals surface area contributed by atoms with E-state index in [9.17, 15) is 18.3 Å². The molecule has 1 aliphatic carbocycles. The number of benzene rings is 1.